The van der Waals surface area contributed by atoms with Gasteiger partial charge >= 0.3 is 0 Å². The Balaban J connectivity index is 1.31. The molecule has 0 aliphatic rings. The molecule has 300 valence electrons. The standard InChI is InChI=1S/C54H60O4/c1-51(2,3)37-23-25-47(55)43(27-37)45-31-39(53(7,8)9)29-41(49(45)57)35-19-15-33(16-20-35)13-14-34-17-21-36(22-18-34)42-30-40(54(10,11)12)32-46(50(42)58)44-28-38(52(4,5)6)24-26-48(44)56/h13-32,55-58H,1-12H3/b14-13+. The summed E-state index contributed by atoms with van der Waals surface area (Å²) < 4.78 is 0. The van der Waals surface area contributed by atoms with Crippen molar-refractivity contribution in [1.29, 1.82) is 0 Å². The molecule has 6 aromatic carbocycles. The number of hydrogen-bond acceptors (Lipinski definition) is 4. The summed E-state index contributed by atoms with van der Waals surface area (Å²) in [5.74, 6) is 0.547. The number of phenols is 4. The van der Waals surface area contributed by atoms with Gasteiger partial charge in [0, 0.05) is 33.4 Å². The van der Waals surface area contributed by atoms with E-state index in [0.29, 0.717) is 33.4 Å². The monoisotopic (exact) mass is 772 g/mol. The summed E-state index contributed by atoms with van der Waals surface area (Å²) in [6, 6.07) is 35.7. The topological polar surface area (TPSA) is 80.9 Å². The van der Waals surface area contributed by atoms with Crippen molar-refractivity contribution in [2.75, 3.05) is 0 Å². The Kier molecular flexibility index (Phi) is 11.0. The maximum absolute atomic E-state index is 11.8. The third-order valence-corrected chi connectivity index (χ3v) is 11.2. The van der Waals surface area contributed by atoms with Gasteiger partial charge in [0.15, 0.2) is 0 Å². The maximum Gasteiger partial charge on any atom is 0.131 e. The van der Waals surface area contributed by atoms with Crippen molar-refractivity contribution in [1.82, 2.24) is 0 Å². The minimum absolute atomic E-state index is 0.121. The molecule has 0 atom stereocenters. The minimum Gasteiger partial charge on any atom is -0.507 e. The largest absolute Gasteiger partial charge is 0.507 e. The first-order valence-corrected chi connectivity index (χ1v) is 20.2. The SMILES string of the molecule is CC(C)(C)c1ccc(O)c(-c2cc(C(C)(C)C)cc(-c3ccc(/C=C/c4ccc(-c5cc(C(C)(C)C)cc(-c6cc(C(C)(C)C)ccc6O)c5O)cc4)cc3)c2O)c1. The van der Waals surface area contributed by atoms with E-state index in [1.807, 2.05) is 84.9 Å². The van der Waals surface area contributed by atoms with E-state index in [0.717, 1.165) is 44.5 Å². The second-order valence-electron chi connectivity index (χ2n) is 19.9. The molecular weight excluding hydrogens is 713 g/mol. The van der Waals surface area contributed by atoms with Crippen molar-refractivity contribution in [3.8, 4) is 67.5 Å². The van der Waals surface area contributed by atoms with Crippen molar-refractivity contribution in [2.45, 2.75) is 105 Å². The molecule has 4 heteroatoms. The normalized spacial score (nSPS) is 12.7. The highest BCUT2D eigenvalue weighted by Gasteiger charge is 2.25. The van der Waals surface area contributed by atoms with Gasteiger partial charge in [-0.3, -0.25) is 0 Å². The molecule has 0 amide bonds. The van der Waals surface area contributed by atoms with Gasteiger partial charge in [-0.15, -0.1) is 0 Å². The highest BCUT2D eigenvalue weighted by molar-refractivity contribution is 5.88. The molecule has 6 rings (SSSR count). The van der Waals surface area contributed by atoms with Crippen LogP contribution in [-0.4, -0.2) is 20.4 Å². The molecule has 4 N–H and O–H groups in total. The van der Waals surface area contributed by atoms with E-state index in [1.54, 1.807) is 12.1 Å². The van der Waals surface area contributed by atoms with Gasteiger partial charge in [0.25, 0.3) is 0 Å². The number of rotatable bonds is 6. The molecule has 6 aromatic rings. The van der Waals surface area contributed by atoms with Crippen molar-refractivity contribution in [3.63, 3.8) is 0 Å². The van der Waals surface area contributed by atoms with Crippen LogP contribution in [-0.2, 0) is 21.7 Å². The van der Waals surface area contributed by atoms with Gasteiger partial charge in [0.05, 0.1) is 0 Å². The molecule has 0 aliphatic carbocycles. The van der Waals surface area contributed by atoms with E-state index in [2.05, 4.69) is 107 Å². The Morgan fingerprint density at radius 2 is 0.586 bits per heavy atom. The summed E-state index contributed by atoms with van der Waals surface area (Å²) in [5, 5.41) is 45.6. The Labute approximate surface area is 346 Å². The fraction of sp³-hybridized carbons (Fsp3) is 0.296. The molecule has 0 heterocycles. The van der Waals surface area contributed by atoms with Crippen molar-refractivity contribution < 1.29 is 20.4 Å². The summed E-state index contributed by atoms with van der Waals surface area (Å²) in [6.07, 6.45) is 4.12. The summed E-state index contributed by atoms with van der Waals surface area (Å²) in [4.78, 5) is 0. The van der Waals surface area contributed by atoms with Crippen molar-refractivity contribution in [3.05, 3.63) is 143 Å². The van der Waals surface area contributed by atoms with Crippen LogP contribution in [0.5, 0.6) is 23.0 Å². The van der Waals surface area contributed by atoms with E-state index >= 15 is 0 Å². The predicted molar refractivity (Wildman–Crippen MR) is 245 cm³/mol. The number of phenolic OH excluding ortho intramolecular Hbond substituents is 4. The lowest BCUT2D eigenvalue weighted by Gasteiger charge is -2.24. The highest BCUT2D eigenvalue weighted by Crippen LogP contribution is 2.47. The fourth-order valence-corrected chi connectivity index (χ4v) is 7.16. The summed E-state index contributed by atoms with van der Waals surface area (Å²) in [7, 11) is 0. The third kappa shape index (κ3) is 8.87. The molecule has 0 saturated carbocycles. The first-order chi connectivity index (χ1) is 26.9. The smallest absolute Gasteiger partial charge is 0.131 e. The van der Waals surface area contributed by atoms with E-state index in [4.69, 9.17) is 0 Å². The Hall–Kier alpha value is -5.74. The molecule has 0 aromatic heterocycles. The molecule has 0 fully saturated rings. The molecule has 0 aliphatic heterocycles. The van der Waals surface area contributed by atoms with E-state index in [9.17, 15) is 20.4 Å². The molecular formula is C54H60O4. The molecule has 0 unspecified atom stereocenters. The van der Waals surface area contributed by atoms with Crippen LogP contribution in [0.2, 0.25) is 0 Å². The van der Waals surface area contributed by atoms with Crippen LogP contribution in [0.3, 0.4) is 0 Å². The molecule has 0 spiro atoms. The maximum atomic E-state index is 11.8. The van der Waals surface area contributed by atoms with Gasteiger partial charge in [-0.1, -0.05) is 156 Å². The second-order valence-corrected chi connectivity index (χ2v) is 19.9. The predicted octanol–water partition coefficient (Wildman–Crippen LogP) is 14.5. The fourth-order valence-electron chi connectivity index (χ4n) is 7.16. The Morgan fingerprint density at radius 3 is 0.879 bits per heavy atom. The molecule has 4 nitrogen and oxygen atoms in total. The lowest BCUT2D eigenvalue weighted by Crippen LogP contribution is -2.12. The number of benzene rings is 6. The lowest BCUT2D eigenvalue weighted by atomic mass is 9.81. The third-order valence-electron chi connectivity index (χ3n) is 11.2. The van der Waals surface area contributed by atoms with Crippen LogP contribution >= 0.6 is 0 Å². The van der Waals surface area contributed by atoms with Crippen LogP contribution < -0.4 is 0 Å². The van der Waals surface area contributed by atoms with Gasteiger partial charge in [0.1, 0.15) is 23.0 Å². The summed E-state index contributed by atoms with van der Waals surface area (Å²) in [5.41, 5.74) is 11.3. The molecule has 58 heavy (non-hydrogen) atoms. The second kappa shape index (κ2) is 15.2. The average molecular weight is 773 g/mol. The zero-order valence-corrected chi connectivity index (χ0v) is 36.3. The zero-order valence-electron chi connectivity index (χ0n) is 36.3. The van der Waals surface area contributed by atoms with Crippen molar-refractivity contribution >= 4 is 12.2 Å². The Morgan fingerprint density at radius 1 is 0.310 bits per heavy atom. The van der Waals surface area contributed by atoms with Gasteiger partial charge in [0.2, 0.25) is 0 Å². The molecule has 0 radical (unpaired) electrons. The zero-order chi connectivity index (χ0) is 42.5. The van der Waals surface area contributed by atoms with Crippen LogP contribution in [0.4, 0.5) is 0 Å². The summed E-state index contributed by atoms with van der Waals surface area (Å²) in [6.45, 7) is 25.8. The van der Waals surface area contributed by atoms with Crippen molar-refractivity contribution in [2.24, 2.45) is 0 Å². The van der Waals surface area contributed by atoms with Gasteiger partial charge in [-0.2, -0.15) is 0 Å². The average Bonchev–Trinajstić information content (AvgIpc) is 3.13. The van der Waals surface area contributed by atoms with Crippen LogP contribution in [0.1, 0.15) is 116 Å². The number of aromatic hydroxyl groups is 4. The minimum atomic E-state index is -0.190. The van der Waals surface area contributed by atoms with E-state index in [1.165, 1.54) is 0 Å². The van der Waals surface area contributed by atoms with Gasteiger partial charge in [-0.05, 0) is 115 Å². The Bertz CT molecular complexity index is 2310. The quantitative estimate of drug-likeness (QED) is 0.127. The van der Waals surface area contributed by atoms with E-state index < -0.39 is 0 Å². The lowest BCUT2D eigenvalue weighted by molar-refractivity contribution is 0.468. The van der Waals surface area contributed by atoms with Gasteiger partial charge < -0.3 is 20.4 Å². The first-order valence-electron chi connectivity index (χ1n) is 20.2. The van der Waals surface area contributed by atoms with Crippen LogP contribution in [0.25, 0.3) is 56.7 Å². The number of hydrogen-bond donors (Lipinski definition) is 4. The molecule has 0 bridgehead atoms. The van der Waals surface area contributed by atoms with Crippen LogP contribution in [0.15, 0.2) is 109 Å². The molecule has 0 saturated heterocycles. The van der Waals surface area contributed by atoms with Crippen LogP contribution in [0, 0.1) is 0 Å². The summed E-state index contributed by atoms with van der Waals surface area (Å²) >= 11 is 0. The van der Waals surface area contributed by atoms with Gasteiger partial charge in [-0.25, -0.2) is 0 Å². The van der Waals surface area contributed by atoms with E-state index in [-0.39, 0.29) is 44.7 Å². The first kappa shape index (κ1) is 41.9. The highest BCUT2D eigenvalue weighted by atomic mass is 16.3.